The summed E-state index contributed by atoms with van der Waals surface area (Å²) in [5.74, 6) is 0. The lowest BCUT2D eigenvalue weighted by Gasteiger charge is -2.22. The van der Waals surface area contributed by atoms with E-state index in [9.17, 15) is 13.2 Å². The summed E-state index contributed by atoms with van der Waals surface area (Å²) in [7, 11) is 0. The number of anilines is 2. The van der Waals surface area contributed by atoms with E-state index in [1.807, 2.05) is 12.1 Å². The van der Waals surface area contributed by atoms with Crippen molar-refractivity contribution in [3.8, 4) is 11.1 Å². The SMILES string of the molecule is CC(C)(C)c1cccc2c1Cc1c(Nc3ccccc3C(F)(F)F)cccc1-2. The van der Waals surface area contributed by atoms with Gasteiger partial charge in [0.15, 0.2) is 0 Å². The number of hydrogen-bond acceptors (Lipinski definition) is 1. The molecule has 0 aromatic heterocycles. The fraction of sp³-hybridized carbons (Fsp3) is 0.250. The van der Waals surface area contributed by atoms with Crippen LogP contribution in [0.4, 0.5) is 24.5 Å². The molecule has 4 heteroatoms. The Kier molecular flexibility index (Phi) is 4.25. The molecule has 1 nitrogen and oxygen atoms in total. The van der Waals surface area contributed by atoms with E-state index in [1.165, 1.54) is 28.8 Å². The summed E-state index contributed by atoms with van der Waals surface area (Å²) in [6, 6.07) is 17.7. The van der Waals surface area contributed by atoms with Gasteiger partial charge in [0.1, 0.15) is 0 Å². The molecule has 0 aliphatic heterocycles. The Hall–Kier alpha value is -2.75. The third kappa shape index (κ3) is 3.17. The van der Waals surface area contributed by atoms with Gasteiger partial charge in [0.2, 0.25) is 0 Å². The maximum absolute atomic E-state index is 13.4. The third-order valence-corrected chi connectivity index (χ3v) is 5.31. The van der Waals surface area contributed by atoms with Gasteiger partial charge in [0.05, 0.1) is 11.3 Å². The summed E-state index contributed by atoms with van der Waals surface area (Å²) in [4.78, 5) is 0. The Morgan fingerprint density at radius 2 is 1.25 bits per heavy atom. The average Bonchev–Trinajstić information content (AvgIpc) is 3.00. The van der Waals surface area contributed by atoms with Crippen LogP contribution in [0.15, 0.2) is 60.7 Å². The molecule has 1 N–H and O–H groups in total. The van der Waals surface area contributed by atoms with Crippen LogP contribution in [0.5, 0.6) is 0 Å². The minimum atomic E-state index is -4.40. The molecule has 1 aliphatic carbocycles. The smallest absolute Gasteiger partial charge is 0.355 e. The standard InChI is InChI=1S/C24H22F3N/c1-23(2,3)19-11-6-8-15-16-9-7-13-21(18(16)14-17(15)19)28-22-12-5-4-10-20(22)24(25,26)27/h4-13,28H,14H2,1-3H3. The number of rotatable bonds is 2. The molecule has 0 fully saturated rings. The van der Waals surface area contributed by atoms with E-state index in [4.69, 9.17) is 0 Å². The number of halogens is 3. The summed E-state index contributed by atoms with van der Waals surface area (Å²) in [6.07, 6.45) is -3.68. The van der Waals surface area contributed by atoms with Gasteiger partial charge in [-0.25, -0.2) is 0 Å². The lowest BCUT2D eigenvalue weighted by molar-refractivity contribution is -0.136. The number of benzene rings is 3. The molecule has 1 aliphatic rings. The maximum Gasteiger partial charge on any atom is 0.418 e. The van der Waals surface area contributed by atoms with Gasteiger partial charge in [-0.3, -0.25) is 0 Å². The highest BCUT2D eigenvalue weighted by Gasteiger charge is 2.34. The van der Waals surface area contributed by atoms with Crippen LogP contribution in [-0.2, 0) is 18.0 Å². The molecule has 28 heavy (non-hydrogen) atoms. The Morgan fingerprint density at radius 1 is 0.679 bits per heavy atom. The molecule has 0 saturated carbocycles. The first-order valence-corrected chi connectivity index (χ1v) is 9.34. The van der Waals surface area contributed by atoms with Crippen molar-refractivity contribution >= 4 is 11.4 Å². The van der Waals surface area contributed by atoms with E-state index in [2.05, 4.69) is 50.4 Å². The first-order valence-electron chi connectivity index (χ1n) is 9.34. The van der Waals surface area contributed by atoms with Crippen molar-refractivity contribution in [1.29, 1.82) is 0 Å². The summed E-state index contributed by atoms with van der Waals surface area (Å²) in [5, 5.41) is 3.05. The van der Waals surface area contributed by atoms with Crippen molar-refractivity contribution in [3.05, 3.63) is 82.9 Å². The summed E-state index contributed by atoms with van der Waals surface area (Å²) in [5.41, 5.74) is 6.02. The van der Waals surface area contributed by atoms with E-state index in [0.29, 0.717) is 0 Å². The van der Waals surface area contributed by atoms with Crippen molar-refractivity contribution < 1.29 is 13.2 Å². The highest BCUT2D eigenvalue weighted by Crippen LogP contribution is 2.45. The average molecular weight is 381 g/mol. The number of para-hydroxylation sites is 1. The number of nitrogens with one attached hydrogen (secondary N) is 1. The zero-order valence-corrected chi connectivity index (χ0v) is 16.1. The number of hydrogen-bond donors (Lipinski definition) is 1. The van der Waals surface area contributed by atoms with Gasteiger partial charge in [-0.05, 0) is 51.4 Å². The van der Waals surface area contributed by atoms with Crippen molar-refractivity contribution in [2.45, 2.75) is 38.8 Å². The van der Waals surface area contributed by atoms with E-state index in [-0.39, 0.29) is 11.1 Å². The van der Waals surface area contributed by atoms with Crippen LogP contribution in [0.2, 0.25) is 0 Å². The normalized spacial score (nSPS) is 13.2. The van der Waals surface area contributed by atoms with E-state index in [0.717, 1.165) is 29.3 Å². The van der Waals surface area contributed by atoms with Gasteiger partial charge in [-0.2, -0.15) is 13.2 Å². The van der Waals surface area contributed by atoms with Crippen LogP contribution in [0, 0.1) is 0 Å². The highest BCUT2D eigenvalue weighted by molar-refractivity contribution is 5.84. The highest BCUT2D eigenvalue weighted by atomic mass is 19.4. The second-order valence-corrected chi connectivity index (χ2v) is 8.26. The van der Waals surface area contributed by atoms with Crippen molar-refractivity contribution in [2.24, 2.45) is 0 Å². The molecule has 0 radical (unpaired) electrons. The lowest BCUT2D eigenvalue weighted by atomic mass is 9.82. The zero-order valence-electron chi connectivity index (χ0n) is 16.1. The van der Waals surface area contributed by atoms with Crippen LogP contribution >= 0.6 is 0 Å². The van der Waals surface area contributed by atoms with Crippen LogP contribution in [0.3, 0.4) is 0 Å². The van der Waals surface area contributed by atoms with E-state index >= 15 is 0 Å². The Labute approximate surface area is 163 Å². The predicted octanol–water partition coefficient (Wildman–Crippen LogP) is 7.32. The van der Waals surface area contributed by atoms with Crippen molar-refractivity contribution in [1.82, 2.24) is 0 Å². The molecular weight excluding hydrogens is 359 g/mol. The first-order chi connectivity index (χ1) is 13.2. The number of alkyl halides is 3. The van der Waals surface area contributed by atoms with Crippen LogP contribution in [0.25, 0.3) is 11.1 Å². The van der Waals surface area contributed by atoms with Crippen molar-refractivity contribution in [2.75, 3.05) is 5.32 Å². The molecule has 0 heterocycles. The second kappa shape index (κ2) is 6.40. The minimum Gasteiger partial charge on any atom is -0.355 e. The molecule has 4 rings (SSSR count). The van der Waals surface area contributed by atoms with Gasteiger partial charge >= 0.3 is 6.18 Å². The molecule has 0 unspecified atom stereocenters. The topological polar surface area (TPSA) is 12.0 Å². The lowest BCUT2D eigenvalue weighted by Crippen LogP contribution is -2.13. The Bertz CT molecular complexity index is 1040. The Balaban J connectivity index is 1.79. The third-order valence-electron chi connectivity index (χ3n) is 5.31. The van der Waals surface area contributed by atoms with E-state index < -0.39 is 11.7 Å². The van der Waals surface area contributed by atoms with Gasteiger partial charge < -0.3 is 5.32 Å². The summed E-state index contributed by atoms with van der Waals surface area (Å²) < 4.78 is 40.2. The van der Waals surface area contributed by atoms with Gasteiger partial charge in [0, 0.05) is 12.1 Å². The molecule has 0 atom stereocenters. The van der Waals surface area contributed by atoms with Gasteiger partial charge in [-0.15, -0.1) is 0 Å². The predicted molar refractivity (Wildman–Crippen MR) is 108 cm³/mol. The molecule has 3 aromatic rings. The van der Waals surface area contributed by atoms with Crippen LogP contribution in [-0.4, -0.2) is 0 Å². The number of fused-ring (bicyclic) bond motifs is 3. The maximum atomic E-state index is 13.4. The monoisotopic (exact) mass is 381 g/mol. The van der Waals surface area contributed by atoms with Gasteiger partial charge in [0.25, 0.3) is 0 Å². The Morgan fingerprint density at radius 3 is 1.93 bits per heavy atom. The fourth-order valence-electron chi connectivity index (χ4n) is 4.04. The minimum absolute atomic E-state index is 0.00383. The summed E-state index contributed by atoms with van der Waals surface area (Å²) >= 11 is 0. The van der Waals surface area contributed by atoms with Crippen LogP contribution in [0.1, 0.15) is 43.0 Å². The quantitative estimate of drug-likeness (QED) is 0.384. The summed E-state index contributed by atoms with van der Waals surface area (Å²) in [6.45, 7) is 6.55. The molecule has 0 spiro atoms. The molecule has 144 valence electrons. The molecule has 3 aromatic carbocycles. The fourth-order valence-corrected chi connectivity index (χ4v) is 4.04. The molecule has 0 amide bonds. The van der Waals surface area contributed by atoms with E-state index in [1.54, 1.807) is 6.07 Å². The first kappa shape index (κ1) is 18.6. The zero-order chi connectivity index (χ0) is 20.1. The van der Waals surface area contributed by atoms with Crippen molar-refractivity contribution in [3.63, 3.8) is 0 Å². The second-order valence-electron chi connectivity index (χ2n) is 8.26. The molecular formula is C24H22F3N. The van der Waals surface area contributed by atoms with Crippen LogP contribution < -0.4 is 5.32 Å². The largest absolute Gasteiger partial charge is 0.418 e. The van der Waals surface area contributed by atoms with Gasteiger partial charge in [-0.1, -0.05) is 63.2 Å². The molecule has 0 bridgehead atoms. The molecule has 0 saturated heterocycles.